The smallest absolute Gasteiger partial charge is 0.295 e. The SMILES string of the molecule is CCN(CC)CCCN1C(=O)C(=O)/C(=C(/O)c2ccc3c(c2)C[C@@H](C)O3)[C@@H]1c1ccc(C)o1. The third-order valence-corrected chi connectivity index (χ3v) is 6.51. The molecule has 1 aromatic heterocycles. The van der Waals surface area contributed by atoms with E-state index in [1.165, 1.54) is 4.90 Å². The highest BCUT2D eigenvalue weighted by atomic mass is 16.5. The number of hydrogen-bond donors (Lipinski definition) is 1. The van der Waals surface area contributed by atoms with Gasteiger partial charge in [0.1, 0.15) is 35.2 Å². The van der Waals surface area contributed by atoms with Gasteiger partial charge in [-0.15, -0.1) is 0 Å². The van der Waals surface area contributed by atoms with E-state index in [2.05, 4.69) is 18.7 Å². The van der Waals surface area contributed by atoms with Crippen LogP contribution in [0.4, 0.5) is 0 Å². The number of likely N-dealkylation sites (tertiary alicyclic amines) is 1. The first-order valence-corrected chi connectivity index (χ1v) is 11.7. The van der Waals surface area contributed by atoms with E-state index in [9.17, 15) is 14.7 Å². The van der Waals surface area contributed by atoms with E-state index in [0.717, 1.165) is 43.8 Å². The number of Topliss-reactive ketones (excluding diaryl/α,β-unsaturated/α-hetero) is 1. The van der Waals surface area contributed by atoms with Crippen LogP contribution in [0.25, 0.3) is 5.76 Å². The van der Waals surface area contributed by atoms with Gasteiger partial charge < -0.3 is 24.1 Å². The maximum Gasteiger partial charge on any atom is 0.295 e. The molecule has 7 nitrogen and oxygen atoms in total. The van der Waals surface area contributed by atoms with Crippen LogP contribution in [0.2, 0.25) is 0 Å². The van der Waals surface area contributed by atoms with Gasteiger partial charge in [-0.2, -0.15) is 0 Å². The molecule has 176 valence electrons. The van der Waals surface area contributed by atoms with Crippen LogP contribution in [0, 0.1) is 6.92 Å². The Balaban J connectivity index is 1.70. The summed E-state index contributed by atoms with van der Waals surface area (Å²) in [6, 6.07) is 8.20. The first kappa shape index (κ1) is 23.1. The molecule has 2 aliphatic rings. The van der Waals surface area contributed by atoms with Crippen molar-refractivity contribution in [1.29, 1.82) is 0 Å². The van der Waals surface area contributed by atoms with E-state index in [-0.39, 0.29) is 17.4 Å². The van der Waals surface area contributed by atoms with Crippen LogP contribution in [-0.4, -0.2) is 58.9 Å². The third-order valence-electron chi connectivity index (χ3n) is 6.51. The molecule has 1 N–H and O–H groups in total. The van der Waals surface area contributed by atoms with Gasteiger partial charge in [-0.25, -0.2) is 0 Å². The molecule has 0 unspecified atom stereocenters. The first-order valence-electron chi connectivity index (χ1n) is 11.7. The second kappa shape index (κ2) is 9.43. The number of benzene rings is 1. The second-order valence-electron chi connectivity index (χ2n) is 8.78. The lowest BCUT2D eigenvalue weighted by Gasteiger charge is -2.25. The van der Waals surface area contributed by atoms with Gasteiger partial charge in [-0.3, -0.25) is 9.59 Å². The Morgan fingerprint density at radius 2 is 1.94 bits per heavy atom. The summed E-state index contributed by atoms with van der Waals surface area (Å²) in [4.78, 5) is 30.0. The average Bonchev–Trinajstić information content (AvgIpc) is 3.46. The molecule has 2 atom stereocenters. The highest BCUT2D eigenvalue weighted by molar-refractivity contribution is 6.46. The van der Waals surface area contributed by atoms with Crippen molar-refractivity contribution in [1.82, 2.24) is 9.80 Å². The topological polar surface area (TPSA) is 83.2 Å². The van der Waals surface area contributed by atoms with Crippen molar-refractivity contribution in [3.63, 3.8) is 0 Å². The van der Waals surface area contributed by atoms with Crippen molar-refractivity contribution >= 4 is 17.4 Å². The molecular formula is C26H32N2O5. The van der Waals surface area contributed by atoms with E-state index in [4.69, 9.17) is 9.15 Å². The number of fused-ring (bicyclic) bond motifs is 1. The maximum absolute atomic E-state index is 13.1. The Morgan fingerprint density at radius 1 is 1.18 bits per heavy atom. The Labute approximate surface area is 194 Å². The predicted molar refractivity (Wildman–Crippen MR) is 125 cm³/mol. The average molecular weight is 453 g/mol. The molecular weight excluding hydrogens is 420 g/mol. The summed E-state index contributed by atoms with van der Waals surface area (Å²) in [6.07, 6.45) is 1.52. The van der Waals surface area contributed by atoms with Crippen LogP contribution < -0.4 is 4.74 Å². The minimum atomic E-state index is -0.751. The summed E-state index contributed by atoms with van der Waals surface area (Å²) in [6.45, 7) is 11.1. The molecule has 1 aromatic carbocycles. The van der Waals surface area contributed by atoms with E-state index in [1.54, 1.807) is 24.3 Å². The Bertz CT molecular complexity index is 1080. The molecule has 0 radical (unpaired) electrons. The lowest BCUT2D eigenvalue weighted by atomic mass is 9.97. The minimum Gasteiger partial charge on any atom is -0.507 e. The van der Waals surface area contributed by atoms with Crippen molar-refractivity contribution in [2.75, 3.05) is 26.2 Å². The van der Waals surface area contributed by atoms with Crippen LogP contribution in [-0.2, 0) is 16.0 Å². The number of rotatable bonds is 8. The number of carbonyl (C=O) groups excluding carboxylic acids is 2. The summed E-state index contributed by atoms with van der Waals surface area (Å²) in [5.74, 6) is 0.486. The number of nitrogens with zero attached hydrogens (tertiary/aromatic N) is 2. The largest absolute Gasteiger partial charge is 0.507 e. The predicted octanol–water partition coefficient (Wildman–Crippen LogP) is 4.07. The zero-order chi connectivity index (χ0) is 23.7. The highest BCUT2D eigenvalue weighted by Crippen LogP contribution is 2.41. The van der Waals surface area contributed by atoms with Crippen LogP contribution in [0.15, 0.2) is 40.3 Å². The van der Waals surface area contributed by atoms with Gasteiger partial charge >= 0.3 is 0 Å². The number of furan rings is 1. The van der Waals surface area contributed by atoms with E-state index in [1.807, 2.05) is 19.9 Å². The van der Waals surface area contributed by atoms with Crippen molar-refractivity contribution in [2.24, 2.45) is 0 Å². The number of carbonyl (C=O) groups is 2. The number of aliphatic hydroxyl groups excluding tert-OH is 1. The number of hydrogen-bond acceptors (Lipinski definition) is 6. The molecule has 0 bridgehead atoms. The molecule has 3 heterocycles. The lowest BCUT2D eigenvalue weighted by Crippen LogP contribution is -2.33. The number of amides is 1. The fourth-order valence-corrected chi connectivity index (χ4v) is 4.74. The third kappa shape index (κ3) is 4.42. The van der Waals surface area contributed by atoms with Gasteiger partial charge in [0.15, 0.2) is 0 Å². The summed E-state index contributed by atoms with van der Waals surface area (Å²) >= 11 is 0. The van der Waals surface area contributed by atoms with Crippen LogP contribution >= 0.6 is 0 Å². The number of aryl methyl sites for hydroxylation is 1. The summed E-state index contributed by atoms with van der Waals surface area (Å²) in [5, 5.41) is 11.2. The van der Waals surface area contributed by atoms with Crippen molar-refractivity contribution in [3.05, 3.63) is 58.6 Å². The quantitative estimate of drug-likeness (QED) is 0.369. The number of aliphatic hydroxyl groups is 1. The van der Waals surface area contributed by atoms with Gasteiger partial charge in [0.05, 0.1) is 5.57 Å². The molecule has 2 aromatic rings. The van der Waals surface area contributed by atoms with Gasteiger partial charge in [0.2, 0.25) is 0 Å². The number of ether oxygens (including phenoxy) is 1. The van der Waals surface area contributed by atoms with E-state index < -0.39 is 17.7 Å². The maximum atomic E-state index is 13.1. The summed E-state index contributed by atoms with van der Waals surface area (Å²) in [7, 11) is 0. The second-order valence-corrected chi connectivity index (χ2v) is 8.78. The van der Waals surface area contributed by atoms with Crippen molar-refractivity contribution < 1.29 is 23.8 Å². The molecule has 1 fully saturated rings. The van der Waals surface area contributed by atoms with E-state index >= 15 is 0 Å². The summed E-state index contributed by atoms with van der Waals surface area (Å²) < 4.78 is 11.6. The lowest BCUT2D eigenvalue weighted by molar-refractivity contribution is -0.140. The van der Waals surface area contributed by atoms with Crippen molar-refractivity contribution in [3.8, 4) is 5.75 Å². The molecule has 0 saturated carbocycles. The van der Waals surface area contributed by atoms with E-state index in [0.29, 0.717) is 23.6 Å². The molecule has 0 spiro atoms. The first-order chi connectivity index (χ1) is 15.8. The zero-order valence-corrected chi connectivity index (χ0v) is 19.8. The molecule has 2 aliphatic heterocycles. The fourth-order valence-electron chi connectivity index (χ4n) is 4.74. The highest BCUT2D eigenvalue weighted by Gasteiger charge is 2.47. The Kier molecular flexibility index (Phi) is 6.61. The van der Waals surface area contributed by atoms with Gasteiger partial charge in [0, 0.05) is 18.5 Å². The standard InChI is InChI=1S/C26H32N2O5/c1-5-27(6-2)12-7-13-28-23(21-10-8-16(3)32-21)22(25(30)26(28)31)24(29)18-9-11-20-19(15-18)14-17(4)33-20/h8-11,15,17,23,29H,5-7,12-14H2,1-4H3/b24-22+/t17-,23+/m1/s1. The molecule has 7 heteroatoms. The zero-order valence-electron chi connectivity index (χ0n) is 19.8. The van der Waals surface area contributed by atoms with Crippen LogP contribution in [0.3, 0.4) is 0 Å². The molecule has 1 saturated heterocycles. The number of ketones is 1. The van der Waals surface area contributed by atoms with Gasteiger partial charge in [-0.05, 0) is 75.8 Å². The normalized spacial score (nSPS) is 21.7. The summed E-state index contributed by atoms with van der Waals surface area (Å²) in [5.41, 5.74) is 1.55. The molecule has 1 amide bonds. The molecule has 0 aliphatic carbocycles. The Hall–Kier alpha value is -3.06. The van der Waals surface area contributed by atoms with Gasteiger partial charge in [-0.1, -0.05) is 13.8 Å². The Morgan fingerprint density at radius 3 is 2.61 bits per heavy atom. The molecule has 33 heavy (non-hydrogen) atoms. The van der Waals surface area contributed by atoms with Crippen molar-refractivity contribution in [2.45, 2.75) is 52.7 Å². The molecule has 4 rings (SSSR count). The van der Waals surface area contributed by atoms with Gasteiger partial charge in [0.25, 0.3) is 11.7 Å². The van der Waals surface area contributed by atoms with Crippen LogP contribution in [0.1, 0.15) is 55.9 Å². The monoisotopic (exact) mass is 452 g/mol. The fraction of sp³-hybridized carbons (Fsp3) is 0.462. The van der Waals surface area contributed by atoms with Crippen LogP contribution in [0.5, 0.6) is 5.75 Å². The minimum absolute atomic E-state index is 0.0693.